The predicted molar refractivity (Wildman–Crippen MR) is 108 cm³/mol. The number of thiazole rings is 1. The molecule has 0 amide bonds. The molecule has 1 atom stereocenters. The van der Waals surface area contributed by atoms with Crippen molar-refractivity contribution < 1.29 is 9.13 Å². The number of hydrogen-bond acceptors (Lipinski definition) is 3. The smallest absolute Gasteiger partial charge is 0.190 e. The zero-order valence-corrected chi connectivity index (χ0v) is 16.7. The molecule has 0 spiro atoms. The first-order valence-corrected chi connectivity index (χ1v) is 10.3. The largest absolute Gasteiger partial charge is 0.376 e. The molecular weight excluding hydrogens is 406 g/mol. The minimum atomic E-state index is -0.257. The molecule has 2 aromatic carbocycles. The molecule has 2 heterocycles. The van der Waals surface area contributed by atoms with E-state index in [0.29, 0.717) is 27.8 Å². The fraction of sp³-hybridized carbons (Fsp3) is 0.250. The van der Waals surface area contributed by atoms with E-state index in [1.165, 1.54) is 17.4 Å². The minimum absolute atomic E-state index is 0.102. The third kappa shape index (κ3) is 4.11. The first kappa shape index (κ1) is 18.7. The van der Waals surface area contributed by atoms with E-state index < -0.39 is 0 Å². The number of ether oxygens (including phenoxy) is 1. The second-order valence-electron chi connectivity index (χ2n) is 6.34. The lowest BCUT2D eigenvalue weighted by Gasteiger charge is -2.14. The fourth-order valence-corrected chi connectivity index (χ4v) is 4.52. The highest BCUT2D eigenvalue weighted by Crippen LogP contribution is 2.29. The molecule has 1 unspecified atom stereocenters. The van der Waals surface area contributed by atoms with Crippen LogP contribution >= 0.6 is 34.5 Å². The Bertz CT molecular complexity index is 1020. The van der Waals surface area contributed by atoms with E-state index in [1.54, 1.807) is 30.3 Å². The molecule has 0 radical (unpaired) electrons. The summed E-state index contributed by atoms with van der Waals surface area (Å²) in [6.07, 6.45) is 2.13. The van der Waals surface area contributed by atoms with Gasteiger partial charge in [-0.3, -0.25) is 0 Å². The van der Waals surface area contributed by atoms with Crippen molar-refractivity contribution in [1.82, 2.24) is 4.57 Å². The van der Waals surface area contributed by atoms with Crippen molar-refractivity contribution in [3.05, 3.63) is 68.5 Å². The van der Waals surface area contributed by atoms with E-state index in [0.717, 1.165) is 29.9 Å². The molecule has 0 bridgehead atoms. The molecule has 0 saturated carbocycles. The Balaban J connectivity index is 1.84. The Morgan fingerprint density at radius 2 is 2.07 bits per heavy atom. The van der Waals surface area contributed by atoms with Gasteiger partial charge in [0.15, 0.2) is 4.80 Å². The maximum atomic E-state index is 14.4. The molecule has 27 heavy (non-hydrogen) atoms. The summed E-state index contributed by atoms with van der Waals surface area (Å²) in [6, 6.07) is 12.0. The van der Waals surface area contributed by atoms with Crippen molar-refractivity contribution in [2.75, 3.05) is 6.61 Å². The van der Waals surface area contributed by atoms with Crippen LogP contribution in [0, 0.1) is 5.82 Å². The van der Waals surface area contributed by atoms with Crippen LogP contribution in [0.25, 0.3) is 11.3 Å². The van der Waals surface area contributed by atoms with Crippen molar-refractivity contribution >= 4 is 40.2 Å². The Hall–Kier alpha value is -1.66. The van der Waals surface area contributed by atoms with Gasteiger partial charge >= 0.3 is 0 Å². The van der Waals surface area contributed by atoms with Crippen molar-refractivity contribution in [2.45, 2.75) is 25.5 Å². The lowest BCUT2D eigenvalue weighted by molar-refractivity contribution is 0.0968. The molecule has 140 valence electrons. The molecule has 3 nitrogen and oxygen atoms in total. The highest BCUT2D eigenvalue weighted by molar-refractivity contribution is 7.07. The average molecular weight is 423 g/mol. The van der Waals surface area contributed by atoms with Crippen LogP contribution in [-0.4, -0.2) is 17.3 Å². The van der Waals surface area contributed by atoms with Crippen LogP contribution in [-0.2, 0) is 11.3 Å². The topological polar surface area (TPSA) is 26.5 Å². The van der Waals surface area contributed by atoms with Gasteiger partial charge in [-0.1, -0.05) is 35.3 Å². The van der Waals surface area contributed by atoms with E-state index in [9.17, 15) is 4.39 Å². The Morgan fingerprint density at radius 1 is 1.22 bits per heavy atom. The molecule has 1 saturated heterocycles. The SMILES string of the molecule is Fc1ccccc1-c1csc(=Nc2ccc(Cl)cc2Cl)n1CC1CCCO1. The van der Waals surface area contributed by atoms with Gasteiger partial charge in [-0.05, 0) is 43.2 Å². The van der Waals surface area contributed by atoms with E-state index in [4.69, 9.17) is 32.9 Å². The summed E-state index contributed by atoms with van der Waals surface area (Å²) in [4.78, 5) is 5.46. The Kier molecular flexibility index (Phi) is 5.64. The number of benzene rings is 2. The zero-order chi connectivity index (χ0) is 18.8. The number of aromatic nitrogens is 1. The molecule has 7 heteroatoms. The number of nitrogens with zero attached hydrogens (tertiary/aromatic N) is 2. The highest BCUT2D eigenvalue weighted by Gasteiger charge is 2.20. The van der Waals surface area contributed by atoms with Gasteiger partial charge in [0.1, 0.15) is 5.82 Å². The van der Waals surface area contributed by atoms with Gasteiger partial charge in [-0.25, -0.2) is 9.38 Å². The first-order valence-electron chi connectivity index (χ1n) is 8.66. The van der Waals surface area contributed by atoms with Gasteiger partial charge in [-0.15, -0.1) is 11.3 Å². The fourth-order valence-electron chi connectivity index (χ4n) is 3.15. The molecule has 1 aromatic heterocycles. The zero-order valence-electron chi connectivity index (χ0n) is 14.4. The van der Waals surface area contributed by atoms with Gasteiger partial charge in [0.05, 0.1) is 29.1 Å². The second-order valence-corrected chi connectivity index (χ2v) is 8.02. The van der Waals surface area contributed by atoms with Gasteiger partial charge < -0.3 is 9.30 Å². The van der Waals surface area contributed by atoms with Crippen molar-refractivity contribution in [3.63, 3.8) is 0 Å². The normalized spacial score (nSPS) is 17.6. The molecule has 0 N–H and O–H groups in total. The molecule has 0 aliphatic carbocycles. The lowest BCUT2D eigenvalue weighted by atomic mass is 10.1. The molecule has 1 fully saturated rings. The molecule has 1 aliphatic rings. The molecule has 1 aliphatic heterocycles. The molecular formula is C20H17Cl2FN2OS. The van der Waals surface area contributed by atoms with Gasteiger partial charge in [-0.2, -0.15) is 0 Å². The van der Waals surface area contributed by atoms with E-state index in [1.807, 2.05) is 16.0 Å². The summed E-state index contributed by atoms with van der Waals surface area (Å²) >= 11 is 13.7. The Morgan fingerprint density at radius 3 is 2.81 bits per heavy atom. The van der Waals surface area contributed by atoms with E-state index >= 15 is 0 Å². The van der Waals surface area contributed by atoms with Crippen LogP contribution in [0.4, 0.5) is 10.1 Å². The summed E-state index contributed by atoms with van der Waals surface area (Å²) in [5.41, 5.74) is 1.97. The highest BCUT2D eigenvalue weighted by atomic mass is 35.5. The van der Waals surface area contributed by atoms with E-state index in [-0.39, 0.29) is 11.9 Å². The van der Waals surface area contributed by atoms with Crippen LogP contribution in [0.2, 0.25) is 10.0 Å². The average Bonchev–Trinajstić information content (AvgIpc) is 3.29. The maximum absolute atomic E-state index is 14.4. The summed E-state index contributed by atoms with van der Waals surface area (Å²) in [7, 11) is 0. The molecule has 3 aromatic rings. The summed E-state index contributed by atoms with van der Waals surface area (Å²) < 4.78 is 22.2. The number of rotatable bonds is 4. The predicted octanol–water partition coefficient (Wildman–Crippen LogP) is 6.07. The van der Waals surface area contributed by atoms with Gasteiger partial charge in [0, 0.05) is 22.6 Å². The number of halogens is 3. The van der Waals surface area contributed by atoms with Gasteiger partial charge in [0.25, 0.3) is 0 Å². The third-order valence-electron chi connectivity index (χ3n) is 4.48. The van der Waals surface area contributed by atoms with Crippen LogP contribution in [0.5, 0.6) is 0 Å². The summed E-state index contributed by atoms with van der Waals surface area (Å²) in [6.45, 7) is 1.39. The van der Waals surface area contributed by atoms with Crippen molar-refractivity contribution in [3.8, 4) is 11.3 Å². The molecule has 4 rings (SSSR count). The summed E-state index contributed by atoms with van der Waals surface area (Å²) in [5.74, 6) is -0.257. The monoisotopic (exact) mass is 422 g/mol. The Labute approximate surface area is 170 Å². The van der Waals surface area contributed by atoms with Crippen LogP contribution < -0.4 is 4.80 Å². The maximum Gasteiger partial charge on any atom is 0.190 e. The van der Waals surface area contributed by atoms with Crippen LogP contribution in [0.1, 0.15) is 12.8 Å². The quantitative estimate of drug-likeness (QED) is 0.500. The second kappa shape index (κ2) is 8.15. The van der Waals surface area contributed by atoms with Crippen LogP contribution in [0.3, 0.4) is 0 Å². The first-order chi connectivity index (χ1) is 13.1. The summed E-state index contributed by atoms with van der Waals surface area (Å²) in [5, 5.41) is 2.96. The van der Waals surface area contributed by atoms with Crippen molar-refractivity contribution in [2.24, 2.45) is 4.99 Å². The van der Waals surface area contributed by atoms with Crippen molar-refractivity contribution in [1.29, 1.82) is 0 Å². The lowest BCUT2D eigenvalue weighted by Crippen LogP contribution is -2.24. The van der Waals surface area contributed by atoms with Crippen LogP contribution in [0.15, 0.2) is 52.8 Å². The number of hydrogen-bond donors (Lipinski definition) is 0. The third-order valence-corrected chi connectivity index (χ3v) is 5.88. The van der Waals surface area contributed by atoms with E-state index in [2.05, 4.69) is 0 Å². The standard InChI is InChI=1S/C20H17Cl2FN2OS/c21-13-7-8-18(16(22)10-13)24-20-25(11-14-4-3-9-26-14)19(12-27-20)15-5-1-2-6-17(15)23/h1-2,5-8,10,12,14H,3-4,9,11H2. The van der Waals surface area contributed by atoms with Gasteiger partial charge in [0.2, 0.25) is 0 Å². The minimum Gasteiger partial charge on any atom is -0.376 e.